The van der Waals surface area contributed by atoms with Crippen LogP contribution < -0.4 is 10.1 Å². The number of ketones is 1. The van der Waals surface area contributed by atoms with Crippen LogP contribution >= 0.6 is 0 Å². The summed E-state index contributed by atoms with van der Waals surface area (Å²) < 4.78 is 10.8. The highest BCUT2D eigenvalue weighted by molar-refractivity contribution is 5.97. The number of oxazole rings is 1. The number of carbonyl (C=O) groups is 2. The number of anilines is 1. The van der Waals surface area contributed by atoms with Crippen molar-refractivity contribution in [3.05, 3.63) is 65.5 Å². The van der Waals surface area contributed by atoms with Crippen LogP contribution in [0.4, 0.5) is 5.69 Å². The van der Waals surface area contributed by atoms with Gasteiger partial charge in [0.2, 0.25) is 11.8 Å². The second-order valence-corrected chi connectivity index (χ2v) is 6.11. The first-order valence-corrected chi connectivity index (χ1v) is 8.48. The summed E-state index contributed by atoms with van der Waals surface area (Å²) in [6.07, 6.45) is 0.0792. The largest absolute Gasteiger partial charge is 0.497 e. The predicted molar refractivity (Wildman–Crippen MR) is 102 cm³/mol. The molecule has 0 unspecified atom stereocenters. The Morgan fingerprint density at radius 2 is 1.89 bits per heavy atom. The van der Waals surface area contributed by atoms with Gasteiger partial charge in [0.25, 0.3) is 0 Å². The van der Waals surface area contributed by atoms with Gasteiger partial charge in [-0.15, -0.1) is 0 Å². The molecular weight excluding hydrogens is 344 g/mol. The third-order valence-electron chi connectivity index (χ3n) is 4.11. The van der Waals surface area contributed by atoms with Crippen LogP contribution in [-0.2, 0) is 11.2 Å². The zero-order chi connectivity index (χ0) is 19.4. The number of hydrogen-bond donors (Lipinski definition) is 1. The Hall–Kier alpha value is -3.41. The first-order valence-electron chi connectivity index (χ1n) is 8.48. The van der Waals surface area contributed by atoms with Gasteiger partial charge in [0, 0.05) is 16.8 Å². The molecule has 1 N–H and O–H groups in total. The van der Waals surface area contributed by atoms with Crippen LogP contribution in [0, 0.1) is 6.92 Å². The summed E-state index contributed by atoms with van der Waals surface area (Å²) >= 11 is 0. The molecule has 0 aliphatic rings. The predicted octanol–water partition coefficient (Wildman–Crippen LogP) is 4.04. The minimum atomic E-state index is -0.228. The molecule has 2 aromatic carbocycles. The molecular formula is C21H20N2O4. The fourth-order valence-electron chi connectivity index (χ4n) is 2.62. The topological polar surface area (TPSA) is 81.4 Å². The molecule has 6 heteroatoms. The van der Waals surface area contributed by atoms with Gasteiger partial charge in [0.1, 0.15) is 11.5 Å². The molecule has 0 saturated heterocycles. The average molecular weight is 364 g/mol. The fourth-order valence-corrected chi connectivity index (χ4v) is 2.62. The van der Waals surface area contributed by atoms with E-state index in [1.54, 1.807) is 38.3 Å². The van der Waals surface area contributed by atoms with Crippen LogP contribution in [0.25, 0.3) is 11.5 Å². The molecule has 138 valence electrons. The summed E-state index contributed by atoms with van der Waals surface area (Å²) in [5, 5.41) is 2.79. The number of methoxy groups -OCH3 is 1. The Morgan fingerprint density at radius 1 is 1.15 bits per heavy atom. The van der Waals surface area contributed by atoms with E-state index >= 15 is 0 Å². The molecule has 0 atom stereocenters. The van der Waals surface area contributed by atoms with Gasteiger partial charge in [-0.3, -0.25) is 9.59 Å². The number of rotatable bonds is 6. The van der Waals surface area contributed by atoms with E-state index in [-0.39, 0.29) is 18.1 Å². The van der Waals surface area contributed by atoms with E-state index in [1.807, 2.05) is 24.3 Å². The summed E-state index contributed by atoms with van der Waals surface area (Å²) in [6.45, 7) is 3.26. The number of Topliss-reactive ketones (excluding diaryl/α,β-unsaturated/α-hetero) is 1. The highest BCUT2D eigenvalue weighted by atomic mass is 16.5. The van der Waals surface area contributed by atoms with Gasteiger partial charge < -0.3 is 14.5 Å². The summed E-state index contributed by atoms with van der Waals surface area (Å²) in [5.74, 6) is 1.51. The molecule has 0 spiro atoms. The first-order chi connectivity index (χ1) is 13.0. The Bertz CT molecular complexity index is 974. The van der Waals surface area contributed by atoms with E-state index in [0.29, 0.717) is 28.6 Å². The third-order valence-corrected chi connectivity index (χ3v) is 4.11. The van der Waals surface area contributed by atoms with E-state index in [0.717, 1.165) is 11.3 Å². The minimum Gasteiger partial charge on any atom is -0.497 e. The van der Waals surface area contributed by atoms with Gasteiger partial charge in [0.15, 0.2) is 5.78 Å². The molecule has 0 aliphatic heterocycles. The molecule has 1 aromatic heterocycles. The van der Waals surface area contributed by atoms with Crippen LogP contribution in [0.1, 0.15) is 28.7 Å². The molecule has 0 radical (unpaired) electrons. The Labute approximate surface area is 157 Å². The van der Waals surface area contributed by atoms with E-state index in [2.05, 4.69) is 10.3 Å². The lowest BCUT2D eigenvalue weighted by molar-refractivity contribution is -0.115. The number of nitrogens with zero attached hydrogens (tertiary/aromatic N) is 1. The molecule has 0 fully saturated rings. The van der Waals surface area contributed by atoms with Crippen molar-refractivity contribution in [2.24, 2.45) is 0 Å². The van der Waals surface area contributed by atoms with Crippen molar-refractivity contribution in [2.45, 2.75) is 20.3 Å². The minimum absolute atomic E-state index is 0.0532. The number of aromatic nitrogens is 1. The van der Waals surface area contributed by atoms with Crippen LogP contribution in [0.3, 0.4) is 0 Å². The first kappa shape index (κ1) is 18.4. The van der Waals surface area contributed by atoms with Crippen LogP contribution in [0.2, 0.25) is 0 Å². The van der Waals surface area contributed by atoms with E-state index in [4.69, 9.17) is 9.15 Å². The van der Waals surface area contributed by atoms with Gasteiger partial charge in [-0.1, -0.05) is 12.1 Å². The normalized spacial score (nSPS) is 10.5. The van der Waals surface area contributed by atoms with Crippen molar-refractivity contribution in [1.82, 2.24) is 4.98 Å². The Morgan fingerprint density at radius 3 is 2.56 bits per heavy atom. The smallest absolute Gasteiger partial charge is 0.230 e. The molecule has 1 heterocycles. The van der Waals surface area contributed by atoms with Crippen molar-refractivity contribution in [3.8, 4) is 17.2 Å². The fraction of sp³-hybridized carbons (Fsp3) is 0.190. The van der Waals surface area contributed by atoms with Crippen LogP contribution in [-0.4, -0.2) is 23.8 Å². The quantitative estimate of drug-likeness (QED) is 0.668. The SMILES string of the molecule is COc1ccc(-c2nc(CC(=O)Nc3cccc(C(C)=O)c3)c(C)o2)cc1. The van der Waals surface area contributed by atoms with Crippen molar-refractivity contribution < 1.29 is 18.7 Å². The summed E-state index contributed by atoms with van der Waals surface area (Å²) in [6, 6.07) is 14.2. The lowest BCUT2D eigenvalue weighted by Gasteiger charge is -2.05. The Kier molecular flexibility index (Phi) is 5.35. The molecule has 1 amide bonds. The number of amides is 1. The van der Waals surface area contributed by atoms with Gasteiger partial charge in [-0.2, -0.15) is 0 Å². The van der Waals surface area contributed by atoms with E-state index in [9.17, 15) is 9.59 Å². The zero-order valence-electron chi connectivity index (χ0n) is 15.4. The molecule has 0 bridgehead atoms. The number of benzene rings is 2. The maximum Gasteiger partial charge on any atom is 0.230 e. The lowest BCUT2D eigenvalue weighted by atomic mass is 10.1. The number of carbonyl (C=O) groups excluding carboxylic acids is 2. The highest BCUT2D eigenvalue weighted by Gasteiger charge is 2.15. The standard InChI is InChI=1S/C21H20N2O4/c1-13(24)16-5-4-6-17(11-16)22-20(25)12-19-14(2)27-21(23-19)15-7-9-18(26-3)10-8-15/h4-11H,12H2,1-3H3,(H,22,25). The zero-order valence-corrected chi connectivity index (χ0v) is 15.4. The van der Waals surface area contributed by atoms with Gasteiger partial charge >= 0.3 is 0 Å². The number of aryl methyl sites for hydroxylation is 1. The van der Waals surface area contributed by atoms with Crippen molar-refractivity contribution >= 4 is 17.4 Å². The second kappa shape index (κ2) is 7.86. The second-order valence-electron chi connectivity index (χ2n) is 6.11. The molecule has 0 saturated carbocycles. The monoisotopic (exact) mass is 364 g/mol. The van der Waals surface area contributed by atoms with Gasteiger partial charge in [0.05, 0.1) is 19.2 Å². The maximum atomic E-state index is 12.4. The molecule has 6 nitrogen and oxygen atoms in total. The van der Waals surface area contributed by atoms with Crippen molar-refractivity contribution in [2.75, 3.05) is 12.4 Å². The molecule has 27 heavy (non-hydrogen) atoms. The van der Waals surface area contributed by atoms with E-state index < -0.39 is 0 Å². The maximum absolute atomic E-state index is 12.4. The van der Waals surface area contributed by atoms with Gasteiger partial charge in [-0.25, -0.2) is 4.98 Å². The summed E-state index contributed by atoms with van der Waals surface area (Å²) in [5.41, 5.74) is 2.50. The number of nitrogens with one attached hydrogen (secondary N) is 1. The highest BCUT2D eigenvalue weighted by Crippen LogP contribution is 2.24. The Balaban J connectivity index is 1.72. The summed E-state index contributed by atoms with van der Waals surface area (Å²) in [4.78, 5) is 28.2. The van der Waals surface area contributed by atoms with Crippen LogP contribution in [0.5, 0.6) is 5.75 Å². The van der Waals surface area contributed by atoms with Crippen LogP contribution in [0.15, 0.2) is 52.9 Å². The van der Waals surface area contributed by atoms with Crippen molar-refractivity contribution in [1.29, 1.82) is 0 Å². The van der Waals surface area contributed by atoms with Crippen molar-refractivity contribution in [3.63, 3.8) is 0 Å². The average Bonchev–Trinajstić information content (AvgIpc) is 3.02. The third kappa shape index (κ3) is 4.41. The number of ether oxygens (including phenoxy) is 1. The molecule has 3 aromatic rings. The lowest BCUT2D eigenvalue weighted by Crippen LogP contribution is -2.15. The molecule has 3 rings (SSSR count). The number of hydrogen-bond acceptors (Lipinski definition) is 5. The van der Waals surface area contributed by atoms with Gasteiger partial charge in [-0.05, 0) is 50.2 Å². The summed E-state index contributed by atoms with van der Waals surface area (Å²) in [7, 11) is 1.60. The molecule has 0 aliphatic carbocycles. The van der Waals surface area contributed by atoms with E-state index in [1.165, 1.54) is 6.92 Å².